The first kappa shape index (κ1) is 14.2. The second kappa shape index (κ2) is 6.84. The number of benzene rings is 1. The maximum Gasteiger partial charge on any atom is 0.238 e. The minimum absolute atomic E-state index is 0.0415. The number of nitrogens with one attached hydrogen (secondary N) is 2. The molecule has 0 aliphatic carbocycles. The van der Waals surface area contributed by atoms with Gasteiger partial charge in [-0.3, -0.25) is 4.79 Å². The van der Waals surface area contributed by atoms with Crippen LogP contribution in [0.1, 0.15) is 18.5 Å². The molecule has 5 heteroatoms. The van der Waals surface area contributed by atoms with Crippen LogP contribution in [0.15, 0.2) is 45.6 Å². The molecule has 3 nitrogen and oxygen atoms in total. The summed E-state index contributed by atoms with van der Waals surface area (Å²) >= 11 is 5.04. The van der Waals surface area contributed by atoms with Gasteiger partial charge in [0.25, 0.3) is 0 Å². The van der Waals surface area contributed by atoms with Gasteiger partial charge in [-0.1, -0.05) is 22.0 Å². The molecule has 0 spiro atoms. The van der Waals surface area contributed by atoms with Gasteiger partial charge in [-0.25, -0.2) is 0 Å². The van der Waals surface area contributed by atoms with Crippen molar-refractivity contribution >= 4 is 38.9 Å². The Kier molecular flexibility index (Phi) is 5.13. The number of halogens is 1. The summed E-state index contributed by atoms with van der Waals surface area (Å²) in [7, 11) is 0. The normalized spacial score (nSPS) is 12.1. The van der Waals surface area contributed by atoms with Gasteiger partial charge in [0.05, 0.1) is 6.54 Å². The smallest absolute Gasteiger partial charge is 0.238 e. The van der Waals surface area contributed by atoms with E-state index in [2.05, 4.69) is 44.9 Å². The Balaban J connectivity index is 1.82. The summed E-state index contributed by atoms with van der Waals surface area (Å²) in [5.74, 6) is -0.0415. The molecule has 1 aromatic heterocycles. The van der Waals surface area contributed by atoms with Gasteiger partial charge in [-0.05, 0) is 47.5 Å². The number of carbonyl (C=O) groups excluding carboxylic acids is 1. The average Bonchev–Trinajstić information content (AvgIpc) is 2.90. The molecule has 0 saturated heterocycles. The molecule has 2 N–H and O–H groups in total. The summed E-state index contributed by atoms with van der Waals surface area (Å²) < 4.78 is 0.949. The molecule has 100 valence electrons. The highest BCUT2D eigenvalue weighted by Crippen LogP contribution is 2.16. The number of rotatable bonds is 5. The highest BCUT2D eigenvalue weighted by Gasteiger charge is 2.08. The lowest BCUT2D eigenvalue weighted by atomic mass is 10.2. The van der Waals surface area contributed by atoms with Crippen molar-refractivity contribution in [2.75, 3.05) is 11.9 Å². The Hall–Kier alpha value is -1.17. The van der Waals surface area contributed by atoms with Gasteiger partial charge < -0.3 is 10.6 Å². The minimum Gasteiger partial charge on any atom is -0.325 e. The van der Waals surface area contributed by atoms with Crippen LogP contribution in [-0.4, -0.2) is 12.5 Å². The number of hydrogen-bond acceptors (Lipinski definition) is 3. The second-order valence-electron chi connectivity index (χ2n) is 4.22. The summed E-state index contributed by atoms with van der Waals surface area (Å²) in [4.78, 5) is 11.8. The van der Waals surface area contributed by atoms with Crippen LogP contribution in [0.3, 0.4) is 0 Å². The quantitative estimate of drug-likeness (QED) is 0.870. The Morgan fingerprint density at radius 3 is 2.95 bits per heavy atom. The van der Waals surface area contributed by atoms with E-state index in [-0.39, 0.29) is 11.9 Å². The lowest BCUT2D eigenvalue weighted by molar-refractivity contribution is -0.115. The number of hydrogen-bond donors (Lipinski definition) is 2. The van der Waals surface area contributed by atoms with E-state index in [9.17, 15) is 4.79 Å². The molecule has 0 fully saturated rings. The van der Waals surface area contributed by atoms with Crippen LogP contribution in [0.4, 0.5) is 5.69 Å². The molecule has 0 bridgehead atoms. The zero-order valence-electron chi connectivity index (χ0n) is 10.5. The molecule has 1 atom stereocenters. The lowest BCUT2D eigenvalue weighted by Crippen LogP contribution is -2.29. The maximum absolute atomic E-state index is 11.8. The fourth-order valence-electron chi connectivity index (χ4n) is 1.66. The predicted molar refractivity (Wildman–Crippen MR) is 83.5 cm³/mol. The molecule has 19 heavy (non-hydrogen) atoms. The molecule has 0 saturated carbocycles. The fraction of sp³-hybridized carbons (Fsp3) is 0.214. The third-order valence-corrected chi connectivity index (χ3v) is 3.92. The van der Waals surface area contributed by atoms with E-state index in [0.717, 1.165) is 10.2 Å². The second-order valence-corrected chi connectivity index (χ2v) is 5.91. The number of anilines is 1. The van der Waals surface area contributed by atoms with Gasteiger partial charge >= 0.3 is 0 Å². The van der Waals surface area contributed by atoms with Gasteiger partial charge in [0.2, 0.25) is 5.91 Å². The summed E-state index contributed by atoms with van der Waals surface area (Å²) in [6.45, 7) is 2.35. The first-order chi connectivity index (χ1) is 9.15. The molecule has 0 radical (unpaired) electrons. The summed E-state index contributed by atoms with van der Waals surface area (Å²) in [5, 5.41) is 10.2. The summed E-state index contributed by atoms with van der Waals surface area (Å²) in [6, 6.07) is 9.80. The predicted octanol–water partition coefficient (Wildman–Crippen LogP) is 3.80. The SMILES string of the molecule is CC(NCC(=O)Nc1cccc(Br)c1)c1ccsc1. The Morgan fingerprint density at radius 1 is 1.42 bits per heavy atom. The Morgan fingerprint density at radius 2 is 2.26 bits per heavy atom. The van der Waals surface area contributed by atoms with Crippen LogP contribution in [0, 0.1) is 0 Å². The van der Waals surface area contributed by atoms with E-state index in [1.807, 2.05) is 29.6 Å². The molecule has 2 aromatic rings. The van der Waals surface area contributed by atoms with E-state index in [0.29, 0.717) is 6.54 Å². The van der Waals surface area contributed by atoms with Crippen LogP contribution in [0.2, 0.25) is 0 Å². The van der Waals surface area contributed by atoms with Crippen molar-refractivity contribution in [3.05, 3.63) is 51.1 Å². The van der Waals surface area contributed by atoms with Crippen molar-refractivity contribution in [3.63, 3.8) is 0 Å². The zero-order valence-corrected chi connectivity index (χ0v) is 12.9. The molecule has 1 heterocycles. The summed E-state index contributed by atoms with van der Waals surface area (Å²) in [5.41, 5.74) is 2.00. The molecule has 1 aromatic carbocycles. The Bertz CT molecular complexity index is 542. The lowest BCUT2D eigenvalue weighted by Gasteiger charge is -2.12. The largest absolute Gasteiger partial charge is 0.325 e. The van der Waals surface area contributed by atoms with Gasteiger partial charge in [0, 0.05) is 16.2 Å². The van der Waals surface area contributed by atoms with Crippen molar-refractivity contribution in [2.45, 2.75) is 13.0 Å². The van der Waals surface area contributed by atoms with E-state index in [1.165, 1.54) is 5.56 Å². The average molecular weight is 339 g/mol. The summed E-state index contributed by atoms with van der Waals surface area (Å²) in [6.07, 6.45) is 0. The van der Waals surface area contributed by atoms with Crippen LogP contribution in [-0.2, 0) is 4.79 Å². The van der Waals surface area contributed by atoms with Crippen molar-refractivity contribution in [2.24, 2.45) is 0 Å². The standard InChI is InChI=1S/C14H15BrN2OS/c1-10(11-5-6-19-9-11)16-8-14(18)17-13-4-2-3-12(15)7-13/h2-7,9-10,16H,8H2,1H3,(H,17,18). The maximum atomic E-state index is 11.8. The van der Waals surface area contributed by atoms with Crippen LogP contribution in [0.25, 0.3) is 0 Å². The molecular weight excluding hydrogens is 324 g/mol. The van der Waals surface area contributed by atoms with Gasteiger partial charge in [-0.2, -0.15) is 11.3 Å². The van der Waals surface area contributed by atoms with E-state index in [4.69, 9.17) is 0 Å². The molecule has 1 amide bonds. The van der Waals surface area contributed by atoms with Crippen molar-refractivity contribution in [1.29, 1.82) is 0 Å². The first-order valence-corrected chi connectivity index (χ1v) is 7.69. The highest BCUT2D eigenvalue weighted by molar-refractivity contribution is 9.10. The van der Waals surface area contributed by atoms with E-state index < -0.39 is 0 Å². The molecule has 1 unspecified atom stereocenters. The molecule has 0 aliphatic heterocycles. The van der Waals surface area contributed by atoms with Crippen molar-refractivity contribution in [1.82, 2.24) is 5.32 Å². The van der Waals surface area contributed by atoms with Gasteiger partial charge in [0.1, 0.15) is 0 Å². The molecule has 2 rings (SSSR count). The first-order valence-electron chi connectivity index (χ1n) is 5.96. The third kappa shape index (κ3) is 4.45. The van der Waals surface area contributed by atoms with Crippen LogP contribution < -0.4 is 10.6 Å². The highest BCUT2D eigenvalue weighted by atomic mass is 79.9. The third-order valence-electron chi connectivity index (χ3n) is 2.72. The van der Waals surface area contributed by atoms with Crippen molar-refractivity contribution < 1.29 is 4.79 Å². The Labute approximate surface area is 125 Å². The number of carbonyl (C=O) groups is 1. The van der Waals surface area contributed by atoms with Gasteiger partial charge in [0.15, 0.2) is 0 Å². The zero-order chi connectivity index (χ0) is 13.7. The monoisotopic (exact) mass is 338 g/mol. The van der Waals surface area contributed by atoms with E-state index in [1.54, 1.807) is 11.3 Å². The minimum atomic E-state index is -0.0415. The van der Waals surface area contributed by atoms with Gasteiger partial charge in [-0.15, -0.1) is 0 Å². The fourth-order valence-corrected chi connectivity index (χ4v) is 2.81. The van der Waals surface area contributed by atoms with E-state index >= 15 is 0 Å². The number of amides is 1. The molecular formula is C14H15BrN2OS. The van der Waals surface area contributed by atoms with Crippen LogP contribution in [0.5, 0.6) is 0 Å². The molecule has 0 aliphatic rings. The topological polar surface area (TPSA) is 41.1 Å². The van der Waals surface area contributed by atoms with Crippen LogP contribution >= 0.6 is 27.3 Å². The van der Waals surface area contributed by atoms with Crippen molar-refractivity contribution in [3.8, 4) is 0 Å². The number of thiophene rings is 1.